The van der Waals surface area contributed by atoms with Crippen LogP contribution < -0.4 is 4.74 Å². The van der Waals surface area contributed by atoms with Gasteiger partial charge in [0, 0.05) is 17.1 Å². The number of benzene rings is 2. The first-order valence-electron chi connectivity index (χ1n) is 7.70. The van der Waals surface area contributed by atoms with Crippen LogP contribution in [-0.2, 0) is 6.61 Å². The van der Waals surface area contributed by atoms with Gasteiger partial charge in [-0.2, -0.15) is 0 Å². The highest BCUT2D eigenvalue weighted by atomic mass is 35.5. The minimum atomic E-state index is 0.525. The Kier molecular flexibility index (Phi) is 3.93. The van der Waals surface area contributed by atoms with Crippen molar-refractivity contribution in [2.45, 2.75) is 6.61 Å². The molecule has 0 atom stereocenters. The Labute approximate surface area is 144 Å². The summed E-state index contributed by atoms with van der Waals surface area (Å²) < 4.78 is 6.03. The average Bonchev–Trinajstić information content (AvgIpc) is 3.07. The van der Waals surface area contributed by atoms with Crippen LogP contribution in [-0.4, -0.2) is 9.97 Å². The van der Waals surface area contributed by atoms with Crippen molar-refractivity contribution in [2.75, 3.05) is 0 Å². The molecule has 24 heavy (non-hydrogen) atoms. The number of pyridine rings is 1. The molecule has 0 saturated carbocycles. The van der Waals surface area contributed by atoms with Crippen molar-refractivity contribution in [3.05, 3.63) is 83.5 Å². The quantitative estimate of drug-likeness (QED) is 0.538. The number of hydrogen-bond donors (Lipinski definition) is 1. The largest absolute Gasteiger partial charge is 0.488 e. The lowest BCUT2D eigenvalue weighted by Crippen LogP contribution is -1.96. The highest BCUT2D eigenvalue weighted by molar-refractivity contribution is 6.35. The SMILES string of the molecule is Clc1ccnc2[nH]c(-c3ccccc3OCc3ccccc3)cc12. The van der Waals surface area contributed by atoms with E-state index in [4.69, 9.17) is 16.3 Å². The van der Waals surface area contributed by atoms with E-state index in [-0.39, 0.29) is 0 Å². The molecule has 2 aromatic carbocycles. The van der Waals surface area contributed by atoms with E-state index in [0.29, 0.717) is 11.6 Å². The molecule has 0 radical (unpaired) electrons. The van der Waals surface area contributed by atoms with Crippen molar-refractivity contribution in [3.8, 4) is 17.0 Å². The predicted molar refractivity (Wildman–Crippen MR) is 97.3 cm³/mol. The normalized spacial score (nSPS) is 10.9. The Morgan fingerprint density at radius 2 is 1.75 bits per heavy atom. The number of para-hydroxylation sites is 1. The van der Waals surface area contributed by atoms with Crippen molar-refractivity contribution in [3.63, 3.8) is 0 Å². The zero-order valence-corrected chi connectivity index (χ0v) is 13.6. The van der Waals surface area contributed by atoms with Crippen LogP contribution in [0.4, 0.5) is 0 Å². The summed E-state index contributed by atoms with van der Waals surface area (Å²) in [6.07, 6.45) is 1.70. The van der Waals surface area contributed by atoms with Gasteiger partial charge in [-0.15, -0.1) is 0 Å². The van der Waals surface area contributed by atoms with Crippen LogP contribution in [0.15, 0.2) is 72.9 Å². The number of H-pyrrole nitrogens is 1. The van der Waals surface area contributed by atoms with Crippen molar-refractivity contribution >= 4 is 22.6 Å². The molecule has 0 aliphatic carbocycles. The maximum atomic E-state index is 6.25. The van der Waals surface area contributed by atoms with E-state index in [0.717, 1.165) is 33.6 Å². The van der Waals surface area contributed by atoms with Gasteiger partial charge in [0.1, 0.15) is 18.0 Å². The van der Waals surface area contributed by atoms with Crippen LogP contribution >= 0.6 is 11.6 Å². The third-order valence-corrected chi connectivity index (χ3v) is 4.22. The van der Waals surface area contributed by atoms with E-state index in [1.807, 2.05) is 48.5 Å². The fraction of sp³-hybridized carbons (Fsp3) is 0.0500. The van der Waals surface area contributed by atoms with Crippen LogP contribution in [0.5, 0.6) is 5.75 Å². The second kappa shape index (κ2) is 6.38. The maximum Gasteiger partial charge on any atom is 0.139 e. The summed E-state index contributed by atoms with van der Waals surface area (Å²) in [4.78, 5) is 7.65. The van der Waals surface area contributed by atoms with Gasteiger partial charge in [-0.25, -0.2) is 4.98 Å². The number of fused-ring (bicyclic) bond motifs is 1. The number of hydrogen-bond acceptors (Lipinski definition) is 2. The van der Waals surface area contributed by atoms with Gasteiger partial charge in [0.25, 0.3) is 0 Å². The Hall–Kier alpha value is -2.78. The Morgan fingerprint density at radius 3 is 2.58 bits per heavy atom. The molecule has 0 amide bonds. The molecule has 0 saturated heterocycles. The Bertz CT molecular complexity index is 979. The first-order chi connectivity index (χ1) is 11.8. The van der Waals surface area contributed by atoms with Crippen molar-refractivity contribution < 1.29 is 4.74 Å². The molecule has 0 unspecified atom stereocenters. The molecule has 1 N–H and O–H groups in total. The number of rotatable bonds is 4. The topological polar surface area (TPSA) is 37.9 Å². The van der Waals surface area contributed by atoms with E-state index in [1.165, 1.54) is 0 Å². The lowest BCUT2D eigenvalue weighted by molar-refractivity contribution is 0.307. The van der Waals surface area contributed by atoms with Crippen LogP contribution in [0.1, 0.15) is 5.56 Å². The maximum absolute atomic E-state index is 6.25. The lowest BCUT2D eigenvalue weighted by Gasteiger charge is -2.10. The van der Waals surface area contributed by atoms with Gasteiger partial charge in [0.15, 0.2) is 0 Å². The van der Waals surface area contributed by atoms with Gasteiger partial charge in [-0.05, 0) is 29.8 Å². The number of halogens is 1. The highest BCUT2D eigenvalue weighted by Crippen LogP contribution is 2.33. The van der Waals surface area contributed by atoms with Gasteiger partial charge < -0.3 is 9.72 Å². The molecular formula is C20H15ClN2O. The van der Waals surface area contributed by atoms with E-state index in [1.54, 1.807) is 12.3 Å². The summed E-state index contributed by atoms with van der Waals surface area (Å²) >= 11 is 6.25. The molecule has 0 aliphatic rings. The first kappa shape index (κ1) is 14.8. The fourth-order valence-corrected chi connectivity index (χ4v) is 2.89. The molecule has 2 heterocycles. The summed E-state index contributed by atoms with van der Waals surface area (Å²) in [7, 11) is 0. The van der Waals surface area contributed by atoms with Gasteiger partial charge in [-0.3, -0.25) is 0 Å². The van der Waals surface area contributed by atoms with Gasteiger partial charge in [0.05, 0.1) is 10.7 Å². The molecule has 118 valence electrons. The van der Waals surface area contributed by atoms with Crippen molar-refractivity contribution in [2.24, 2.45) is 0 Å². The number of aromatic nitrogens is 2. The minimum Gasteiger partial charge on any atom is -0.488 e. The standard InChI is InChI=1S/C20H15ClN2O/c21-17-10-11-22-20-16(17)12-18(23-20)15-8-4-5-9-19(15)24-13-14-6-2-1-3-7-14/h1-12H,13H2,(H,22,23). The van der Waals surface area contributed by atoms with Gasteiger partial charge >= 0.3 is 0 Å². The van der Waals surface area contributed by atoms with Crippen LogP contribution in [0.25, 0.3) is 22.3 Å². The zero-order valence-electron chi connectivity index (χ0n) is 12.9. The molecule has 0 bridgehead atoms. The van der Waals surface area contributed by atoms with Crippen molar-refractivity contribution in [1.82, 2.24) is 9.97 Å². The summed E-state index contributed by atoms with van der Waals surface area (Å²) in [6.45, 7) is 0.525. The molecule has 0 fully saturated rings. The molecule has 2 aromatic heterocycles. The molecule has 4 aromatic rings. The number of aromatic amines is 1. The predicted octanol–water partition coefficient (Wildman–Crippen LogP) is 5.46. The molecule has 0 aliphatic heterocycles. The van der Waals surface area contributed by atoms with E-state index < -0.39 is 0 Å². The minimum absolute atomic E-state index is 0.525. The van der Waals surface area contributed by atoms with E-state index in [2.05, 4.69) is 22.1 Å². The third kappa shape index (κ3) is 2.86. The zero-order chi connectivity index (χ0) is 16.4. The Balaban J connectivity index is 1.69. The van der Waals surface area contributed by atoms with Gasteiger partial charge in [-0.1, -0.05) is 54.1 Å². The van der Waals surface area contributed by atoms with Gasteiger partial charge in [0.2, 0.25) is 0 Å². The van der Waals surface area contributed by atoms with Crippen LogP contribution in [0.2, 0.25) is 5.02 Å². The molecule has 4 rings (SSSR count). The number of nitrogens with zero attached hydrogens (tertiary/aromatic N) is 1. The molecule has 4 heteroatoms. The molecule has 3 nitrogen and oxygen atoms in total. The second-order valence-electron chi connectivity index (χ2n) is 5.51. The number of ether oxygens (including phenoxy) is 1. The highest BCUT2D eigenvalue weighted by Gasteiger charge is 2.11. The van der Waals surface area contributed by atoms with Crippen molar-refractivity contribution in [1.29, 1.82) is 0 Å². The monoisotopic (exact) mass is 334 g/mol. The summed E-state index contributed by atoms with van der Waals surface area (Å²) in [6, 6.07) is 21.9. The molecular weight excluding hydrogens is 320 g/mol. The van der Waals surface area contributed by atoms with Crippen LogP contribution in [0, 0.1) is 0 Å². The lowest BCUT2D eigenvalue weighted by atomic mass is 10.1. The second-order valence-corrected chi connectivity index (χ2v) is 5.92. The molecule has 0 spiro atoms. The van der Waals surface area contributed by atoms with E-state index >= 15 is 0 Å². The summed E-state index contributed by atoms with van der Waals surface area (Å²) in [5.41, 5.74) is 3.83. The van der Waals surface area contributed by atoms with E-state index in [9.17, 15) is 0 Å². The summed E-state index contributed by atoms with van der Waals surface area (Å²) in [5, 5.41) is 1.59. The summed E-state index contributed by atoms with van der Waals surface area (Å²) in [5.74, 6) is 0.823. The fourth-order valence-electron chi connectivity index (χ4n) is 2.69. The number of nitrogens with one attached hydrogen (secondary N) is 1. The Morgan fingerprint density at radius 1 is 0.958 bits per heavy atom. The third-order valence-electron chi connectivity index (χ3n) is 3.89. The first-order valence-corrected chi connectivity index (χ1v) is 8.08. The smallest absolute Gasteiger partial charge is 0.139 e. The van der Waals surface area contributed by atoms with Crippen LogP contribution in [0.3, 0.4) is 0 Å². The average molecular weight is 335 g/mol.